The van der Waals surface area contributed by atoms with Gasteiger partial charge in [0.2, 0.25) is 0 Å². The molecule has 2 rings (SSSR count). The zero-order valence-electron chi connectivity index (χ0n) is 12.9. The highest BCUT2D eigenvalue weighted by atomic mass is 16.5. The van der Waals surface area contributed by atoms with Crippen molar-refractivity contribution in [1.82, 2.24) is 5.32 Å². The first-order valence-electron chi connectivity index (χ1n) is 7.90. The van der Waals surface area contributed by atoms with Crippen LogP contribution in [0.25, 0.3) is 0 Å². The summed E-state index contributed by atoms with van der Waals surface area (Å²) in [5.74, 6) is 1.05. The Morgan fingerprint density at radius 1 is 1.30 bits per heavy atom. The van der Waals surface area contributed by atoms with Crippen molar-refractivity contribution >= 4 is 0 Å². The topological polar surface area (TPSA) is 30.5 Å². The Balaban J connectivity index is 2.21. The first-order valence-corrected chi connectivity index (χ1v) is 7.90. The minimum absolute atomic E-state index is 0.241. The first kappa shape index (κ1) is 15.3. The highest BCUT2D eigenvalue weighted by molar-refractivity contribution is 5.41. The van der Waals surface area contributed by atoms with Gasteiger partial charge in [-0.1, -0.05) is 32.4 Å². The number of likely N-dealkylation sites (N-methyl/N-ethyl adjacent to an activating group) is 1. The van der Waals surface area contributed by atoms with Gasteiger partial charge in [-0.05, 0) is 37.1 Å². The van der Waals surface area contributed by atoms with E-state index in [1.54, 1.807) is 0 Å². The zero-order valence-corrected chi connectivity index (χ0v) is 12.9. The van der Waals surface area contributed by atoms with Crippen LogP contribution in [0.4, 0.5) is 0 Å². The maximum absolute atomic E-state index is 5.98. The number of hydrogen-bond donors (Lipinski definition) is 1. The molecule has 0 fully saturated rings. The van der Waals surface area contributed by atoms with Gasteiger partial charge in [0, 0.05) is 13.0 Å². The quantitative estimate of drug-likeness (QED) is 0.789. The summed E-state index contributed by atoms with van der Waals surface area (Å²) in [4.78, 5) is 0. The van der Waals surface area contributed by atoms with E-state index >= 15 is 0 Å². The molecule has 0 saturated carbocycles. The Morgan fingerprint density at radius 2 is 2.15 bits per heavy atom. The molecule has 2 atom stereocenters. The standard InChI is InChI=1S/C17H27NO2/c1-4-7-16(19-6-3)17(18-5-2)14-8-9-15-13(12-14)10-11-20-15/h8-9,12,16-18H,4-7,10-11H2,1-3H3. The fourth-order valence-corrected chi connectivity index (χ4v) is 2.93. The lowest BCUT2D eigenvalue weighted by atomic mass is 9.95. The van der Waals surface area contributed by atoms with Crippen molar-refractivity contribution in [1.29, 1.82) is 0 Å². The largest absolute Gasteiger partial charge is 0.493 e. The van der Waals surface area contributed by atoms with Crippen LogP contribution in [-0.4, -0.2) is 25.9 Å². The number of nitrogens with one attached hydrogen (secondary N) is 1. The lowest BCUT2D eigenvalue weighted by Gasteiger charge is -2.28. The summed E-state index contributed by atoms with van der Waals surface area (Å²) in [5, 5.41) is 3.59. The van der Waals surface area contributed by atoms with Crippen molar-refractivity contribution in [2.24, 2.45) is 0 Å². The van der Waals surface area contributed by atoms with Gasteiger partial charge in [-0.3, -0.25) is 0 Å². The molecule has 2 unspecified atom stereocenters. The predicted molar refractivity (Wildman–Crippen MR) is 82.4 cm³/mol. The summed E-state index contributed by atoms with van der Waals surface area (Å²) in [7, 11) is 0. The van der Waals surface area contributed by atoms with Crippen LogP contribution >= 0.6 is 0 Å². The number of ether oxygens (including phenoxy) is 2. The summed E-state index contributed by atoms with van der Waals surface area (Å²) in [5.41, 5.74) is 2.65. The van der Waals surface area contributed by atoms with Gasteiger partial charge >= 0.3 is 0 Å². The number of benzene rings is 1. The number of fused-ring (bicyclic) bond motifs is 1. The lowest BCUT2D eigenvalue weighted by Crippen LogP contribution is -2.34. The van der Waals surface area contributed by atoms with Crippen molar-refractivity contribution < 1.29 is 9.47 Å². The molecular weight excluding hydrogens is 250 g/mol. The van der Waals surface area contributed by atoms with Gasteiger partial charge in [-0.2, -0.15) is 0 Å². The van der Waals surface area contributed by atoms with E-state index in [4.69, 9.17) is 9.47 Å². The molecule has 3 nitrogen and oxygen atoms in total. The molecule has 0 aliphatic carbocycles. The normalized spacial score (nSPS) is 16.6. The monoisotopic (exact) mass is 277 g/mol. The molecule has 1 aromatic rings. The minimum atomic E-state index is 0.241. The summed E-state index contributed by atoms with van der Waals surface area (Å²) in [6.07, 6.45) is 3.49. The van der Waals surface area contributed by atoms with Gasteiger partial charge in [0.1, 0.15) is 5.75 Å². The van der Waals surface area contributed by atoms with Crippen molar-refractivity contribution in [3.63, 3.8) is 0 Å². The third kappa shape index (κ3) is 3.53. The molecule has 1 N–H and O–H groups in total. The maximum Gasteiger partial charge on any atom is 0.122 e. The van der Waals surface area contributed by atoms with Crippen LogP contribution in [-0.2, 0) is 11.2 Å². The SMILES string of the molecule is CCCC(OCC)C(NCC)c1ccc2c(c1)CCO2. The van der Waals surface area contributed by atoms with Crippen LogP contribution in [0.15, 0.2) is 18.2 Å². The van der Waals surface area contributed by atoms with Crippen LogP contribution in [0.1, 0.15) is 50.8 Å². The smallest absolute Gasteiger partial charge is 0.122 e. The number of rotatable bonds is 8. The second kappa shape index (κ2) is 7.65. The molecule has 0 spiro atoms. The van der Waals surface area contributed by atoms with Gasteiger partial charge in [-0.15, -0.1) is 0 Å². The Hall–Kier alpha value is -1.06. The second-order valence-electron chi connectivity index (χ2n) is 5.28. The van der Waals surface area contributed by atoms with Gasteiger partial charge in [0.05, 0.1) is 18.8 Å². The van der Waals surface area contributed by atoms with Gasteiger partial charge < -0.3 is 14.8 Å². The van der Waals surface area contributed by atoms with Crippen LogP contribution in [0.3, 0.4) is 0 Å². The Bertz CT molecular complexity index is 413. The second-order valence-corrected chi connectivity index (χ2v) is 5.28. The van der Waals surface area contributed by atoms with Crippen molar-refractivity contribution in [3.05, 3.63) is 29.3 Å². The van der Waals surface area contributed by atoms with Crippen molar-refractivity contribution in [3.8, 4) is 5.75 Å². The molecule has 1 aliphatic heterocycles. The van der Waals surface area contributed by atoms with Crippen LogP contribution in [0, 0.1) is 0 Å². The molecular formula is C17H27NO2. The van der Waals surface area contributed by atoms with E-state index in [1.165, 1.54) is 11.1 Å². The maximum atomic E-state index is 5.98. The van der Waals surface area contributed by atoms with Crippen LogP contribution in [0.5, 0.6) is 5.75 Å². The van der Waals surface area contributed by atoms with E-state index in [-0.39, 0.29) is 12.1 Å². The average Bonchev–Trinajstić information content (AvgIpc) is 2.92. The third-order valence-electron chi connectivity index (χ3n) is 3.82. The molecule has 0 aromatic heterocycles. The summed E-state index contributed by atoms with van der Waals surface area (Å²) >= 11 is 0. The summed E-state index contributed by atoms with van der Waals surface area (Å²) in [6, 6.07) is 6.85. The number of hydrogen-bond acceptors (Lipinski definition) is 3. The fourth-order valence-electron chi connectivity index (χ4n) is 2.93. The molecule has 1 aromatic carbocycles. The Morgan fingerprint density at radius 3 is 2.85 bits per heavy atom. The molecule has 1 aliphatic rings. The van der Waals surface area contributed by atoms with E-state index < -0.39 is 0 Å². The summed E-state index contributed by atoms with van der Waals surface area (Å²) < 4.78 is 11.6. The highest BCUT2D eigenvalue weighted by Gasteiger charge is 2.24. The van der Waals surface area contributed by atoms with E-state index in [0.29, 0.717) is 0 Å². The molecule has 20 heavy (non-hydrogen) atoms. The fraction of sp³-hybridized carbons (Fsp3) is 0.647. The van der Waals surface area contributed by atoms with E-state index in [2.05, 4.69) is 44.3 Å². The van der Waals surface area contributed by atoms with Gasteiger partial charge in [0.15, 0.2) is 0 Å². The minimum Gasteiger partial charge on any atom is -0.493 e. The molecule has 0 bridgehead atoms. The lowest BCUT2D eigenvalue weighted by molar-refractivity contribution is 0.0280. The van der Waals surface area contributed by atoms with E-state index in [1.807, 2.05) is 0 Å². The summed E-state index contributed by atoms with van der Waals surface area (Å²) in [6.45, 7) is 8.97. The first-order chi connectivity index (χ1) is 9.80. The molecule has 112 valence electrons. The van der Waals surface area contributed by atoms with Gasteiger partial charge in [0.25, 0.3) is 0 Å². The van der Waals surface area contributed by atoms with Crippen molar-refractivity contribution in [2.45, 2.75) is 52.2 Å². The molecule has 3 heteroatoms. The molecule has 1 heterocycles. The highest BCUT2D eigenvalue weighted by Crippen LogP contribution is 2.30. The molecule has 0 radical (unpaired) electrons. The average molecular weight is 277 g/mol. The van der Waals surface area contributed by atoms with Crippen LogP contribution in [0.2, 0.25) is 0 Å². The Labute approximate surface area is 122 Å². The zero-order chi connectivity index (χ0) is 14.4. The van der Waals surface area contributed by atoms with Crippen LogP contribution < -0.4 is 10.1 Å². The molecule has 0 saturated heterocycles. The Kier molecular flexibility index (Phi) is 5.86. The van der Waals surface area contributed by atoms with E-state index in [0.717, 1.165) is 44.8 Å². The third-order valence-corrected chi connectivity index (χ3v) is 3.82. The van der Waals surface area contributed by atoms with E-state index in [9.17, 15) is 0 Å². The predicted octanol–water partition coefficient (Wildman–Crippen LogP) is 3.48. The van der Waals surface area contributed by atoms with Crippen molar-refractivity contribution in [2.75, 3.05) is 19.8 Å². The van der Waals surface area contributed by atoms with Gasteiger partial charge in [-0.25, -0.2) is 0 Å². The molecule has 0 amide bonds.